The highest BCUT2D eigenvalue weighted by Gasteiger charge is 2.17. The average molecular weight is 531 g/mol. The quantitative estimate of drug-likeness (QED) is 0.199. The Morgan fingerprint density at radius 1 is 0.214 bits per heavy atom. The molecule has 0 amide bonds. The van der Waals surface area contributed by atoms with E-state index in [4.69, 9.17) is 0 Å². The zero-order valence-corrected chi connectivity index (χ0v) is 23.0. The second kappa shape index (κ2) is 9.03. The van der Waals surface area contributed by atoms with Gasteiger partial charge in [0.1, 0.15) is 0 Å². The molecule has 0 heterocycles. The molecule has 42 heavy (non-hydrogen) atoms. The van der Waals surface area contributed by atoms with Crippen LogP contribution in [0.3, 0.4) is 0 Å². The molecule has 0 saturated carbocycles. The lowest BCUT2D eigenvalue weighted by Gasteiger charge is -2.18. The SMILES string of the molecule is c1ccc(-c2cccc3cccc(-c4ccc5ccc6c(-c7cccc8ccccc78)ccc7ccc4c5c76)c23)cc1. The van der Waals surface area contributed by atoms with E-state index in [1.54, 1.807) is 0 Å². The number of rotatable bonds is 3. The van der Waals surface area contributed by atoms with E-state index in [0.29, 0.717) is 0 Å². The molecule has 9 aromatic carbocycles. The topological polar surface area (TPSA) is 0 Å². The van der Waals surface area contributed by atoms with E-state index >= 15 is 0 Å². The summed E-state index contributed by atoms with van der Waals surface area (Å²) in [6, 6.07) is 58.0. The van der Waals surface area contributed by atoms with Gasteiger partial charge in [-0.25, -0.2) is 0 Å². The molecule has 9 rings (SSSR count). The average Bonchev–Trinajstić information content (AvgIpc) is 3.06. The standard InChI is InChI=1S/C42H26/c1-2-9-28(10-3-1)33-16-7-13-29-14-8-18-37(40(29)33)36-24-20-31-21-25-38-35(23-19-30-22-26-39(36)42(31)41(30)38)34-17-6-12-27-11-4-5-15-32(27)34/h1-26H. The second-order valence-electron chi connectivity index (χ2n) is 11.3. The molecule has 0 fully saturated rings. The summed E-state index contributed by atoms with van der Waals surface area (Å²) in [7, 11) is 0. The Balaban J connectivity index is 1.37. The van der Waals surface area contributed by atoms with Gasteiger partial charge in [0.05, 0.1) is 0 Å². The summed E-state index contributed by atoms with van der Waals surface area (Å²) in [5.74, 6) is 0. The Morgan fingerprint density at radius 3 is 1.40 bits per heavy atom. The van der Waals surface area contributed by atoms with Crippen LogP contribution in [0.25, 0.3) is 87.2 Å². The Kier molecular flexibility index (Phi) is 5.00. The third-order valence-electron chi connectivity index (χ3n) is 9.02. The molecular formula is C42H26. The lowest BCUT2D eigenvalue weighted by Crippen LogP contribution is -1.91. The van der Waals surface area contributed by atoms with Crippen LogP contribution in [0.1, 0.15) is 0 Å². The summed E-state index contributed by atoms with van der Waals surface area (Å²) in [5, 5.41) is 13.0. The maximum Gasteiger partial charge on any atom is -0.00203 e. The lowest BCUT2D eigenvalue weighted by molar-refractivity contribution is 1.64. The van der Waals surface area contributed by atoms with Gasteiger partial charge in [-0.15, -0.1) is 0 Å². The maximum absolute atomic E-state index is 2.33. The molecule has 0 aliphatic heterocycles. The van der Waals surface area contributed by atoms with Crippen LogP contribution in [-0.2, 0) is 0 Å². The van der Waals surface area contributed by atoms with Crippen LogP contribution in [0.5, 0.6) is 0 Å². The monoisotopic (exact) mass is 530 g/mol. The van der Waals surface area contributed by atoms with E-state index in [1.165, 1.54) is 87.2 Å². The summed E-state index contributed by atoms with van der Waals surface area (Å²) in [6.07, 6.45) is 0. The van der Waals surface area contributed by atoms with Crippen LogP contribution in [0.4, 0.5) is 0 Å². The van der Waals surface area contributed by atoms with Gasteiger partial charge in [-0.3, -0.25) is 0 Å². The van der Waals surface area contributed by atoms with Crippen molar-refractivity contribution in [2.75, 3.05) is 0 Å². The zero-order chi connectivity index (χ0) is 27.6. The lowest BCUT2D eigenvalue weighted by atomic mass is 9.85. The minimum Gasteiger partial charge on any atom is -0.0622 e. The summed E-state index contributed by atoms with van der Waals surface area (Å²) in [4.78, 5) is 0. The molecule has 0 saturated heterocycles. The highest BCUT2D eigenvalue weighted by atomic mass is 14.2. The van der Waals surface area contributed by atoms with Crippen LogP contribution < -0.4 is 0 Å². The van der Waals surface area contributed by atoms with Gasteiger partial charge >= 0.3 is 0 Å². The number of fused-ring (bicyclic) bond motifs is 2. The smallest absolute Gasteiger partial charge is 0.00203 e. The largest absolute Gasteiger partial charge is 0.0622 e. The Labute approximate surface area is 244 Å². The first-order chi connectivity index (χ1) is 20.8. The van der Waals surface area contributed by atoms with Crippen LogP contribution >= 0.6 is 0 Å². The van der Waals surface area contributed by atoms with E-state index in [2.05, 4.69) is 158 Å². The van der Waals surface area contributed by atoms with Crippen molar-refractivity contribution in [1.82, 2.24) is 0 Å². The molecule has 0 aliphatic rings. The van der Waals surface area contributed by atoms with Gasteiger partial charge in [0.2, 0.25) is 0 Å². The number of hydrogen-bond acceptors (Lipinski definition) is 0. The van der Waals surface area contributed by atoms with E-state index < -0.39 is 0 Å². The molecule has 0 bridgehead atoms. The van der Waals surface area contributed by atoms with Crippen molar-refractivity contribution in [3.05, 3.63) is 158 Å². The number of hydrogen-bond donors (Lipinski definition) is 0. The van der Waals surface area contributed by atoms with Gasteiger partial charge < -0.3 is 0 Å². The van der Waals surface area contributed by atoms with Crippen LogP contribution in [0.2, 0.25) is 0 Å². The second-order valence-corrected chi connectivity index (χ2v) is 11.3. The van der Waals surface area contributed by atoms with Crippen molar-refractivity contribution in [3.63, 3.8) is 0 Å². The molecular weight excluding hydrogens is 504 g/mol. The van der Waals surface area contributed by atoms with Crippen molar-refractivity contribution in [3.8, 4) is 33.4 Å². The molecule has 0 N–H and O–H groups in total. The van der Waals surface area contributed by atoms with Gasteiger partial charge in [-0.1, -0.05) is 158 Å². The van der Waals surface area contributed by atoms with E-state index in [1.807, 2.05) is 0 Å². The van der Waals surface area contributed by atoms with Crippen molar-refractivity contribution in [2.45, 2.75) is 0 Å². The predicted molar refractivity (Wildman–Crippen MR) is 181 cm³/mol. The predicted octanol–water partition coefficient (Wildman–Crippen LogP) is 11.9. The molecule has 0 spiro atoms. The third-order valence-corrected chi connectivity index (χ3v) is 9.02. The molecule has 0 atom stereocenters. The van der Waals surface area contributed by atoms with Gasteiger partial charge in [0.15, 0.2) is 0 Å². The molecule has 194 valence electrons. The minimum absolute atomic E-state index is 1.24. The highest BCUT2D eigenvalue weighted by molar-refractivity contribution is 6.29. The van der Waals surface area contributed by atoms with Crippen LogP contribution in [0.15, 0.2) is 158 Å². The molecule has 9 aromatic rings. The first-order valence-electron chi connectivity index (χ1n) is 14.6. The zero-order valence-electron chi connectivity index (χ0n) is 23.0. The summed E-state index contributed by atoms with van der Waals surface area (Å²) < 4.78 is 0. The third kappa shape index (κ3) is 3.36. The van der Waals surface area contributed by atoms with Gasteiger partial charge in [0.25, 0.3) is 0 Å². The molecule has 0 heteroatoms. The molecule has 0 radical (unpaired) electrons. The van der Waals surface area contributed by atoms with Crippen molar-refractivity contribution in [1.29, 1.82) is 0 Å². The number of benzene rings is 9. The van der Waals surface area contributed by atoms with E-state index in [-0.39, 0.29) is 0 Å². The van der Waals surface area contributed by atoms with E-state index in [0.717, 1.165) is 0 Å². The normalized spacial score (nSPS) is 11.8. The summed E-state index contributed by atoms with van der Waals surface area (Å²) in [6.45, 7) is 0. The fraction of sp³-hybridized carbons (Fsp3) is 0. The van der Waals surface area contributed by atoms with E-state index in [9.17, 15) is 0 Å². The van der Waals surface area contributed by atoms with Crippen LogP contribution in [0, 0.1) is 0 Å². The van der Waals surface area contributed by atoms with Gasteiger partial charge in [-0.05, 0) is 87.2 Å². The Bertz CT molecular complexity index is 2440. The van der Waals surface area contributed by atoms with Crippen molar-refractivity contribution in [2.24, 2.45) is 0 Å². The molecule has 0 aromatic heterocycles. The minimum atomic E-state index is 1.24. The Morgan fingerprint density at radius 2 is 0.690 bits per heavy atom. The fourth-order valence-corrected chi connectivity index (χ4v) is 7.15. The summed E-state index contributed by atoms with van der Waals surface area (Å²) >= 11 is 0. The van der Waals surface area contributed by atoms with Crippen molar-refractivity contribution < 1.29 is 0 Å². The maximum atomic E-state index is 2.33. The summed E-state index contributed by atoms with van der Waals surface area (Å²) in [5.41, 5.74) is 7.64. The molecule has 0 unspecified atom stereocenters. The van der Waals surface area contributed by atoms with Crippen molar-refractivity contribution >= 4 is 53.9 Å². The highest BCUT2D eigenvalue weighted by Crippen LogP contribution is 2.45. The van der Waals surface area contributed by atoms with Crippen LogP contribution in [-0.4, -0.2) is 0 Å². The first-order valence-corrected chi connectivity index (χ1v) is 14.6. The molecule has 0 nitrogen and oxygen atoms in total. The first kappa shape index (κ1) is 23.3. The van der Waals surface area contributed by atoms with Gasteiger partial charge in [0, 0.05) is 0 Å². The Hall–Kier alpha value is -5.46. The fourth-order valence-electron chi connectivity index (χ4n) is 7.15. The molecule has 0 aliphatic carbocycles. The van der Waals surface area contributed by atoms with Gasteiger partial charge in [-0.2, -0.15) is 0 Å².